The lowest BCUT2D eigenvalue weighted by Gasteiger charge is -2.10. The lowest BCUT2D eigenvalue weighted by Crippen LogP contribution is -2.25. The van der Waals surface area contributed by atoms with Gasteiger partial charge in [-0.3, -0.25) is 5.43 Å². The number of halogens is 1. The van der Waals surface area contributed by atoms with Gasteiger partial charge in [0.25, 0.3) is 0 Å². The zero-order chi connectivity index (χ0) is 18.9. The van der Waals surface area contributed by atoms with Crippen LogP contribution in [0.1, 0.15) is 18.9 Å². The second kappa shape index (κ2) is 9.47. The number of hydrogen-bond donors (Lipinski definition) is 3. The van der Waals surface area contributed by atoms with Gasteiger partial charge in [0.15, 0.2) is 11.7 Å². The van der Waals surface area contributed by atoms with Crippen LogP contribution in [0.4, 0.5) is 10.1 Å². The summed E-state index contributed by atoms with van der Waals surface area (Å²) in [4.78, 5) is 10.5. The van der Waals surface area contributed by atoms with Crippen molar-refractivity contribution in [2.24, 2.45) is 5.10 Å². The van der Waals surface area contributed by atoms with Crippen LogP contribution in [0.25, 0.3) is 0 Å². The van der Waals surface area contributed by atoms with E-state index in [9.17, 15) is 9.18 Å². The molecule has 0 aliphatic rings. The lowest BCUT2D eigenvalue weighted by atomic mass is 10.1. The first-order valence-corrected chi connectivity index (χ1v) is 8.23. The Kier molecular flexibility index (Phi) is 7.04. The van der Waals surface area contributed by atoms with Crippen LogP contribution in [-0.4, -0.2) is 28.5 Å². The maximum atomic E-state index is 12.9. The molecule has 0 aliphatic heterocycles. The van der Waals surface area contributed by atoms with Crippen molar-refractivity contribution in [2.75, 3.05) is 11.9 Å². The Hall–Kier alpha value is -3.00. The normalized spacial score (nSPS) is 10.9. The zero-order valence-electron chi connectivity index (χ0n) is 14.0. The van der Waals surface area contributed by atoms with Crippen LogP contribution in [0.3, 0.4) is 0 Å². The van der Waals surface area contributed by atoms with Crippen LogP contribution in [0.2, 0.25) is 0 Å². The Morgan fingerprint density at radius 3 is 2.42 bits per heavy atom. The van der Waals surface area contributed by atoms with E-state index >= 15 is 0 Å². The number of aliphatic carboxylic acids is 1. The molecule has 0 atom stereocenters. The summed E-state index contributed by atoms with van der Waals surface area (Å²) < 4.78 is 18.0. The van der Waals surface area contributed by atoms with Gasteiger partial charge in [0.2, 0.25) is 0 Å². The monoisotopic (exact) mass is 375 g/mol. The molecule has 0 aliphatic carbocycles. The van der Waals surface area contributed by atoms with Crippen LogP contribution >= 0.6 is 12.2 Å². The van der Waals surface area contributed by atoms with Gasteiger partial charge in [-0.25, -0.2) is 9.18 Å². The molecule has 3 N–H and O–H groups in total. The fourth-order valence-corrected chi connectivity index (χ4v) is 2.21. The highest BCUT2D eigenvalue weighted by Crippen LogP contribution is 2.14. The maximum Gasteiger partial charge on any atom is 0.341 e. The molecule has 2 aromatic carbocycles. The van der Waals surface area contributed by atoms with Crippen molar-refractivity contribution in [1.29, 1.82) is 0 Å². The second-order valence-corrected chi connectivity index (χ2v) is 5.60. The van der Waals surface area contributed by atoms with Crippen LogP contribution < -0.4 is 15.5 Å². The second-order valence-electron chi connectivity index (χ2n) is 5.19. The molecule has 0 saturated carbocycles. The highest BCUT2D eigenvalue weighted by Gasteiger charge is 2.04. The van der Waals surface area contributed by atoms with E-state index in [1.54, 1.807) is 36.4 Å². The van der Waals surface area contributed by atoms with E-state index in [0.29, 0.717) is 17.9 Å². The van der Waals surface area contributed by atoms with E-state index < -0.39 is 5.97 Å². The number of anilines is 1. The molecule has 0 aromatic heterocycles. The highest BCUT2D eigenvalue weighted by molar-refractivity contribution is 7.80. The summed E-state index contributed by atoms with van der Waals surface area (Å²) in [5.74, 6) is -0.888. The van der Waals surface area contributed by atoms with Crippen molar-refractivity contribution in [1.82, 2.24) is 5.43 Å². The summed E-state index contributed by atoms with van der Waals surface area (Å²) in [6, 6.07) is 12.7. The summed E-state index contributed by atoms with van der Waals surface area (Å²) in [6.45, 7) is 1.56. The lowest BCUT2D eigenvalue weighted by molar-refractivity contribution is -0.139. The van der Waals surface area contributed by atoms with Gasteiger partial charge in [-0.15, -0.1) is 0 Å². The Morgan fingerprint density at radius 1 is 1.19 bits per heavy atom. The molecule has 6 nitrogen and oxygen atoms in total. The van der Waals surface area contributed by atoms with E-state index in [1.165, 1.54) is 12.1 Å². The van der Waals surface area contributed by atoms with Crippen LogP contribution in [0.5, 0.6) is 5.75 Å². The van der Waals surface area contributed by atoms with Gasteiger partial charge < -0.3 is 15.2 Å². The van der Waals surface area contributed by atoms with Crippen LogP contribution in [-0.2, 0) is 4.79 Å². The summed E-state index contributed by atoms with van der Waals surface area (Å²) in [5.41, 5.74) is 5.02. The van der Waals surface area contributed by atoms with E-state index in [2.05, 4.69) is 15.8 Å². The molecule has 0 fully saturated rings. The van der Waals surface area contributed by atoms with E-state index in [-0.39, 0.29) is 17.5 Å². The first-order chi connectivity index (χ1) is 12.5. The predicted octanol–water partition coefficient (Wildman–Crippen LogP) is 3.39. The smallest absolute Gasteiger partial charge is 0.341 e. The first kappa shape index (κ1) is 19.3. The number of nitrogens with zero attached hydrogens (tertiary/aromatic N) is 1. The van der Waals surface area contributed by atoms with Crippen molar-refractivity contribution in [3.05, 3.63) is 59.9 Å². The summed E-state index contributed by atoms with van der Waals surface area (Å²) in [6.07, 6.45) is 0.654. The number of ether oxygens (including phenoxy) is 1. The fraction of sp³-hybridized carbons (Fsp3) is 0.167. The molecule has 0 spiro atoms. The van der Waals surface area contributed by atoms with Crippen molar-refractivity contribution in [3.8, 4) is 5.75 Å². The third-order valence-electron chi connectivity index (χ3n) is 3.28. The Labute approximate surface area is 155 Å². The number of benzene rings is 2. The van der Waals surface area contributed by atoms with Gasteiger partial charge in [0, 0.05) is 5.69 Å². The molecule has 26 heavy (non-hydrogen) atoms. The number of rotatable bonds is 7. The minimum atomic E-state index is -1.03. The van der Waals surface area contributed by atoms with E-state index in [4.69, 9.17) is 22.1 Å². The molecule has 2 rings (SSSR count). The number of thiocarbonyl (C=S) groups is 1. The Bertz CT molecular complexity index is 792. The number of carboxylic acid groups (broad SMARTS) is 1. The molecule has 2 aromatic rings. The number of nitrogens with one attached hydrogen (secondary N) is 2. The third kappa shape index (κ3) is 6.14. The van der Waals surface area contributed by atoms with Crippen molar-refractivity contribution >= 4 is 34.7 Å². The quantitative estimate of drug-likeness (QED) is 0.391. The van der Waals surface area contributed by atoms with Gasteiger partial charge in [-0.05, 0) is 72.7 Å². The van der Waals surface area contributed by atoms with Gasteiger partial charge in [0.1, 0.15) is 11.6 Å². The average molecular weight is 375 g/mol. The standard InChI is InChI=1S/C18H18FN3O3S/c1-2-16(12-3-9-15(10-4-12)25-11-17(23)24)21-22-18(26)20-14-7-5-13(19)6-8-14/h3-10H,2,11H2,1H3,(H,23,24)(H2,20,22,26)/b21-16-. The van der Waals surface area contributed by atoms with Gasteiger partial charge >= 0.3 is 5.97 Å². The molecule has 8 heteroatoms. The van der Waals surface area contributed by atoms with Gasteiger partial charge in [-0.1, -0.05) is 6.92 Å². The summed E-state index contributed by atoms with van der Waals surface area (Å²) in [7, 11) is 0. The van der Waals surface area contributed by atoms with Crippen LogP contribution in [0.15, 0.2) is 53.6 Å². The Balaban J connectivity index is 1.97. The van der Waals surface area contributed by atoms with Gasteiger partial charge in [-0.2, -0.15) is 5.10 Å². The van der Waals surface area contributed by atoms with E-state index in [0.717, 1.165) is 11.3 Å². The zero-order valence-corrected chi connectivity index (χ0v) is 14.8. The topological polar surface area (TPSA) is 83.0 Å². The van der Waals surface area contributed by atoms with Crippen molar-refractivity contribution < 1.29 is 19.0 Å². The molecule has 0 amide bonds. The summed E-state index contributed by atoms with van der Waals surface area (Å²) in [5, 5.41) is 16.1. The maximum absolute atomic E-state index is 12.9. The fourth-order valence-electron chi connectivity index (χ4n) is 2.05. The van der Waals surface area contributed by atoms with Gasteiger partial charge in [0.05, 0.1) is 5.71 Å². The Morgan fingerprint density at radius 2 is 1.85 bits per heavy atom. The molecule has 0 bridgehead atoms. The average Bonchev–Trinajstić information content (AvgIpc) is 2.63. The minimum absolute atomic E-state index is 0.281. The molecule has 0 saturated heterocycles. The predicted molar refractivity (Wildman–Crippen MR) is 102 cm³/mol. The third-order valence-corrected chi connectivity index (χ3v) is 3.47. The highest BCUT2D eigenvalue weighted by atomic mass is 32.1. The molecule has 0 heterocycles. The number of hydrogen-bond acceptors (Lipinski definition) is 4. The SMILES string of the molecule is CC/C(=N/NC(=S)Nc1ccc(F)cc1)c1ccc(OCC(=O)O)cc1. The molecular formula is C18H18FN3O3S. The largest absolute Gasteiger partial charge is 0.482 e. The van der Waals surface area contributed by atoms with Crippen LogP contribution in [0, 0.1) is 5.82 Å². The molecule has 136 valence electrons. The number of carboxylic acids is 1. The minimum Gasteiger partial charge on any atom is -0.482 e. The van der Waals surface area contributed by atoms with Crippen molar-refractivity contribution in [2.45, 2.75) is 13.3 Å². The summed E-state index contributed by atoms with van der Waals surface area (Å²) >= 11 is 5.17. The van der Waals surface area contributed by atoms with E-state index in [1.807, 2.05) is 6.92 Å². The molecule has 0 unspecified atom stereocenters. The number of carbonyl (C=O) groups is 1. The first-order valence-electron chi connectivity index (χ1n) is 7.82. The van der Waals surface area contributed by atoms with Crippen molar-refractivity contribution in [3.63, 3.8) is 0 Å². The molecular weight excluding hydrogens is 357 g/mol. The molecule has 0 radical (unpaired) electrons. The number of hydrazone groups is 1.